The normalized spacial score (nSPS) is 12.4. The molecule has 0 aliphatic carbocycles. The van der Waals surface area contributed by atoms with Crippen LogP contribution in [0.4, 0.5) is 0 Å². The first kappa shape index (κ1) is 12.6. The summed E-state index contributed by atoms with van der Waals surface area (Å²) in [5, 5.41) is 10.1. The van der Waals surface area contributed by atoms with Crippen molar-refractivity contribution in [3.05, 3.63) is 47.0 Å². The Bertz CT molecular complexity index is 521. The number of aliphatic hydroxyl groups excluding tert-OH is 1. The zero-order chi connectivity index (χ0) is 13.1. The van der Waals surface area contributed by atoms with Crippen LogP contribution in [-0.4, -0.2) is 22.2 Å². The standard InChI is InChI=1S/C14H18N2O2/c1-9-6-10(2)13(18-3)8-11(9)7-12(17)14-15-4-5-16-14/h4-6,8,12,17H,7H2,1-3H3,(H,15,16). The quantitative estimate of drug-likeness (QED) is 0.870. The number of H-pyrrole nitrogens is 1. The third-order valence-corrected chi connectivity index (χ3v) is 3.10. The lowest BCUT2D eigenvalue weighted by Crippen LogP contribution is -2.05. The van der Waals surface area contributed by atoms with Gasteiger partial charge in [-0.05, 0) is 36.6 Å². The van der Waals surface area contributed by atoms with E-state index in [1.807, 2.05) is 19.9 Å². The molecule has 0 saturated carbocycles. The van der Waals surface area contributed by atoms with Crippen LogP contribution in [0.5, 0.6) is 5.75 Å². The maximum atomic E-state index is 10.1. The third kappa shape index (κ3) is 2.54. The van der Waals surface area contributed by atoms with E-state index in [-0.39, 0.29) is 0 Å². The van der Waals surface area contributed by atoms with Gasteiger partial charge in [0, 0.05) is 18.8 Å². The second kappa shape index (κ2) is 5.23. The van der Waals surface area contributed by atoms with Crippen molar-refractivity contribution in [2.75, 3.05) is 7.11 Å². The summed E-state index contributed by atoms with van der Waals surface area (Å²) >= 11 is 0. The van der Waals surface area contributed by atoms with E-state index in [0.29, 0.717) is 12.2 Å². The minimum Gasteiger partial charge on any atom is -0.496 e. The second-order valence-corrected chi connectivity index (χ2v) is 4.44. The van der Waals surface area contributed by atoms with Crippen LogP contribution in [0.3, 0.4) is 0 Å². The Morgan fingerprint density at radius 1 is 1.33 bits per heavy atom. The van der Waals surface area contributed by atoms with Gasteiger partial charge in [-0.15, -0.1) is 0 Å². The molecule has 1 unspecified atom stereocenters. The van der Waals surface area contributed by atoms with Crippen molar-refractivity contribution in [2.45, 2.75) is 26.4 Å². The molecular weight excluding hydrogens is 228 g/mol. The number of benzene rings is 1. The number of aryl methyl sites for hydroxylation is 2. The molecule has 0 fully saturated rings. The van der Waals surface area contributed by atoms with Gasteiger partial charge in [-0.2, -0.15) is 0 Å². The average Bonchev–Trinajstić information content (AvgIpc) is 2.86. The highest BCUT2D eigenvalue weighted by atomic mass is 16.5. The van der Waals surface area contributed by atoms with Gasteiger partial charge in [-0.3, -0.25) is 0 Å². The first-order valence-electron chi connectivity index (χ1n) is 5.93. The maximum Gasteiger partial charge on any atom is 0.135 e. The van der Waals surface area contributed by atoms with E-state index in [1.165, 1.54) is 0 Å². The fraction of sp³-hybridized carbons (Fsp3) is 0.357. The molecule has 1 heterocycles. The topological polar surface area (TPSA) is 58.1 Å². The van der Waals surface area contributed by atoms with Crippen molar-refractivity contribution < 1.29 is 9.84 Å². The van der Waals surface area contributed by atoms with Gasteiger partial charge in [-0.25, -0.2) is 4.98 Å². The number of aliphatic hydroxyl groups is 1. The summed E-state index contributed by atoms with van der Waals surface area (Å²) in [6.07, 6.45) is 3.25. The third-order valence-electron chi connectivity index (χ3n) is 3.10. The number of nitrogens with zero attached hydrogens (tertiary/aromatic N) is 1. The fourth-order valence-electron chi connectivity index (χ4n) is 2.08. The Hall–Kier alpha value is -1.81. The van der Waals surface area contributed by atoms with Gasteiger partial charge in [0.05, 0.1) is 7.11 Å². The summed E-state index contributed by atoms with van der Waals surface area (Å²) in [4.78, 5) is 6.99. The summed E-state index contributed by atoms with van der Waals surface area (Å²) in [5.41, 5.74) is 3.33. The van der Waals surface area contributed by atoms with E-state index < -0.39 is 6.10 Å². The highest BCUT2D eigenvalue weighted by Gasteiger charge is 2.13. The van der Waals surface area contributed by atoms with E-state index in [0.717, 1.165) is 22.4 Å². The van der Waals surface area contributed by atoms with Crippen LogP contribution in [0.2, 0.25) is 0 Å². The average molecular weight is 246 g/mol. The van der Waals surface area contributed by atoms with Gasteiger partial charge in [-0.1, -0.05) is 6.07 Å². The Morgan fingerprint density at radius 2 is 2.11 bits per heavy atom. The molecule has 1 atom stereocenters. The Kier molecular flexibility index (Phi) is 3.67. The minimum absolute atomic E-state index is 0.524. The highest BCUT2D eigenvalue weighted by molar-refractivity contribution is 5.41. The molecule has 1 aromatic heterocycles. The Labute approximate surface area is 107 Å². The predicted molar refractivity (Wildman–Crippen MR) is 69.7 cm³/mol. The summed E-state index contributed by atoms with van der Waals surface area (Å²) < 4.78 is 5.31. The van der Waals surface area contributed by atoms with Gasteiger partial charge >= 0.3 is 0 Å². The molecule has 0 saturated heterocycles. The molecular formula is C14H18N2O2. The summed E-state index contributed by atoms with van der Waals surface area (Å²) in [7, 11) is 1.66. The number of aromatic amines is 1. The predicted octanol–water partition coefficient (Wildman–Crippen LogP) is 2.31. The number of nitrogens with one attached hydrogen (secondary N) is 1. The molecule has 2 rings (SSSR count). The number of rotatable bonds is 4. The molecule has 2 N–H and O–H groups in total. The SMILES string of the molecule is COc1cc(CC(O)c2ncc[nH]2)c(C)cc1C. The first-order valence-corrected chi connectivity index (χ1v) is 5.93. The summed E-state index contributed by atoms with van der Waals surface area (Å²) in [6, 6.07) is 4.06. The summed E-state index contributed by atoms with van der Waals surface area (Å²) in [6.45, 7) is 4.05. The Balaban J connectivity index is 2.23. The van der Waals surface area contributed by atoms with Crippen molar-refractivity contribution in [1.29, 1.82) is 0 Å². The van der Waals surface area contributed by atoms with Crippen molar-refractivity contribution in [3.63, 3.8) is 0 Å². The smallest absolute Gasteiger partial charge is 0.135 e. The Morgan fingerprint density at radius 3 is 2.72 bits per heavy atom. The van der Waals surface area contributed by atoms with Gasteiger partial charge in [0.1, 0.15) is 17.7 Å². The number of methoxy groups -OCH3 is 1. The van der Waals surface area contributed by atoms with E-state index in [9.17, 15) is 5.11 Å². The molecule has 0 aliphatic rings. The van der Waals surface area contributed by atoms with Gasteiger partial charge < -0.3 is 14.8 Å². The summed E-state index contributed by atoms with van der Waals surface area (Å²) in [5.74, 6) is 1.44. The molecule has 18 heavy (non-hydrogen) atoms. The number of aromatic nitrogens is 2. The van der Waals surface area contributed by atoms with Crippen LogP contribution in [0.25, 0.3) is 0 Å². The monoisotopic (exact) mass is 246 g/mol. The van der Waals surface area contributed by atoms with Crippen molar-refractivity contribution >= 4 is 0 Å². The van der Waals surface area contributed by atoms with Gasteiger partial charge in [0.15, 0.2) is 0 Å². The molecule has 0 bridgehead atoms. The molecule has 0 spiro atoms. The van der Waals surface area contributed by atoms with Crippen molar-refractivity contribution in [2.24, 2.45) is 0 Å². The minimum atomic E-state index is -0.619. The highest BCUT2D eigenvalue weighted by Crippen LogP contribution is 2.25. The van der Waals surface area contributed by atoms with Crippen LogP contribution in [0.1, 0.15) is 28.6 Å². The molecule has 0 aliphatic heterocycles. The number of ether oxygens (including phenoxy) is 1. The molecule has 4 nitrogen and oxygen atoms in total. The van der Waals surface area contributed by atoms with Crippen molar-refractivity contribution in [1.82, 2.24) is 9.97 Å². The fourth-order valence-corrected chi connectivity index (χ4v) is 2.08. The van der Waals surface area contributed by atoms with Crippen LogP contribution in [0.15, 0.2) is 24.5 Å². The largest absolute Gasteiger partial charge is 0.496 e. The zero-order valence-corrected chi connectivity index (χ0v) is 10.9. The number of hydrogen-bond donors (Lipinski definition) is 2. The molecule has 2 aromatic rings. The molecule has 4 heteroatoms. The van der Waals surface area contributed by atoms with E-state index in [1.54, 1.807) is 19.5 Å². The van der Waals surface area contributed by atoms with Gasteiger partial charge in [0.25, 0.3) is 0 Å². The van der Waals surface area contributed by atoms with Crippen LogP contribution < -0.4 is 4.74 Å². The molecule has 0 radical (unpaired) electrons. The van der Waals surface area contributed by atoms with Crippen LogP contribution in [0, 0.1) is 13.8 Å². The van der Waals surface area contributed by atoms with Crippen molar-refractivity contribution in [3.8, 4) is 5.75 Å². The lowest BCUT2D eigenvalue weighted by Gasteiger charge is -2.13. The van der Waals surface area contributed by atoms with E-state index in [2.05, 4.69) is 16.0 Å². The molecule has 1 aromatic carbocycles. The second-order valence-electron chi connectivity index (χ2n) is 4.44. The lowest BCUT2D eigenvalue weighted by atomic mass is 9.99. The lowest BCUT2D eigenvalue weighted by molar-refractivity contribution is 0.169. The molecule has 0 amide bonds. The first-order chi connectivity index (χ1) is 8.61. The van der Waals surface area contributed by atoms with E-state index >= 15 is 0 Å². The van der Waals surface area contributed by atoms with Crippen LogP contribution in [-0.2, 0) is 6.42 Å². The number of hydrogen-bond acceptors (Lipinski definition) is 3. The zero-order valence-electron chi connectivity index (χ0n) is 10.9. The number of imidazole rings is 1. The maximum absolute atomic E-state index is 10.1. The van der Waals surface area contributed by atoms with Gasteiger partial charge in [0.2, 0.25) is 0 Å². The molecule has 96 valence electrons. The van der Waals surface area contributed by atoms with E-state index in [4.69, 9.17) is 4.74 Å². The van der Waals surface area contributed by atoms with Crippen LogP contribution >= 0.6 is 0 Å².